The number of carbonyl (C=O) groups is 1. The summed E-state index contributed by atoms with van der Waals surface area (Å²) in [5.41, 5.74) is 0. The molecule has 0 spiro atoms. The molecule has 74 valence electrons. The van der Waals surface area contributed by atoms with Gasteiger partial charge in [0.15, 0.2) is 0 Å². The SMILES string of the molecule is C[C@H]1C[C@H]2C[C@@H]1[C@H](OC(=O)CCl)C2. The molecule has 4 atom stereocenters. The summed E-state index contributed by atoms with van der Waals surface area (Å²) < 4.78 is 5.29. The zero-order valence-corrected chi connectivity index (χ0v) is 8.59. The van der Waals surface area contributed by atoms with Crippen molar-refractivity contribution >= 4 is 17.6 Å². The van der Waals surface area contributed by atoms with E-state index in [9.17, 15) is 4.79 Å². The molecule has 2 rings (SSSR count). The van der Waals surface area contributed by atoms with Crippen LogP contribution >= 0.6 is 11.6 Å². The molecule has 3 heteroatoms. The van der Waals surface area contributed by atoms with Crippen LogP contribution in [-0.4, -0.2) is 18.0 Å². The zero-order valence-electron chi connectivity index (χ0n) is 7.83. The maximum Gasteiger partial charge on any atom is 0.321 e. The summed E-state index contributed by atoms with van der Waals surface area (Å²) in [5, 5.41) is 0. The van der Waals surface area contributed by atoms with E-state index in [0.29, 0.717) is 5.92 Å². The van der Waals surface area contributed by atoms with Gasteiger partial charge in [0, 0.05) is 0 Å². The van der Waals surface area contributed by atoms with Gasteiger partial charge in [0.05, 0.1) is 0 Å². The van der Waals surface area contributed by atoms with E-state index < -0.39 is 0 Å². The van der Waals surface area contributed by atoms with E-state index in [0.717, 1.165) is 18.3 Å². The van der Waals surface area contributed by atoms with Crippen molar-refractivity contribution in [1.29, 1.82) is 0 Å². The van der Waals surface area contributed by atoms with Crippen LogP contribution in [0.5, 0.6) is 0 Å². The normalized spacial score (nSPS) is 42.3. The van der Waals surface area contributed by atoms with Gasteiger partial charge >= 0.3 is 5.97 Å². The maximum atomic E-state index is 11.0. The fourth-order valence-electron chi connectivity index (χ4n) is 2.96. The number of rotatable bonds is 2. The molecule has 0 amide bonds. The second kappa shape index (κ2) is 3.49. The number of fused-ring (bicyclic) bond motifs is 2. The van der Waals surface area contributed by atoms with Crippen molar-refractivity contribution in [3.05, 3.63) is 0 Å². The zero-order chi connectivity index (χ0) is 9.42. The molecule has 0 aromatic carbocycles. The van der Waals surface area contributed by atoms with Crippen molar-refractivity contribution in [1.82, 2.24) is 0 Å². The molecule has 0 aliphatic heterocycles. The summed E-state index contributed by atoms with van der Waals surface area (Å²) in [7, 11) is 0. The lowest BCUT2D eigenvalue weighted by Gasteiger charge is -2.26. The van der Waals surface area contributed by atoms with E-state index in [4.69, 9.17) is 16.3 Å². The highest BCUT2D eigenvalue weighted by atomic mass is 35.5. The highest BCUT2D eigenvalue weighted by Gasteiger charge is 2.45. The predicted octanol–water partition coefficient (Wildman–Crippen LogP) is 2.20. The van der Waals surface area contributed by atoms with E-state index >= 15 is 0 Å². The smallest absolute Gasteiger partial charge is 0.321 e. The van der Waals surface area contributed by atoms with Crippen molar-refractivity contribution < 1.29 is 9.53 Å². The van der Waals surface area contributed by atoms with Crippen molar-refractivity contribution in [3.8, 4) is 0 Å². The lowest BCUT2D eigenvalue weighted by molar-refractivity contribution is -0.149. The Bertz CT molecular complexity index is 217. The van der Waals surface area contributed by atoms with Gasteiger partial charge in [-0.1, -0.05) is 6.92 Å². The van der Waals surface area contributed by atoms with Crippen LogP contribution < -0.4 is 0 Å². The van der Waals surface area contributed by atoms with Crippen LogP contribution in [0.3, 0.4) is 0 Å². The summed E-state index contributed by atoms with van der Waals surface area (Å²) in [6.07, 6.45) is 3.80. The Labute approximate surface area is 83.6 Å². The molecule has 0 heterocycles. The third-order valence-electron chi connectivity index (χ3n) is 3.48. The highest BCUT2D eigenvalue weighted by molar-refractivity contribution is 6.26. The van der Waals surface area contributed by atoms with Gasteiger partial charge in [0.25, 0.3) is 0 Å². The van der Waals surface area contributed by atoms with Gasteiger partial charge in [0.2, 0.25) is 0 Å². The molecule has 0 radical (unpaired) electrons. The maximum absolute atomic E-state index is 11.0. The first-order valence-corrected chi connectivity index (χ1v) is 5.49. The minimum Gasteiger partial charge on any atom is -0.461 e. The summed E-state index contributed by atoms with van der Waals surface area (Å²) >= 11 is 5.39. The van der Waals surface area contributed by atoms with Crippen molar-refractivity contribution in [3.63, 3.8) is 0 Å². The Morgan fingerprint density at radius 3 is 2.77 bits per heavy atom. The van der Waals surface area contributed by atoms with Crippen molar-refractivity contribution in [2.75, 3.05) is 5.88 Å². The van der Waals surface area contributed by atoms with Crippen LogP contribution in [0.15, 0.2) is 0 Å². The first-order valence-electron chi connectivity index (χ1n) is 4.96. The van der Waals surface area contributed by atoms with Gasteiger partial charge < -0.3 is 4.74 Å². The Morgan fingerprint density at radius 2 is 2.23 bits per heavy atom. The molecular formula is C10H15ClO2. The molecule has 0 saturated heterocycles. The van der Waals surface area contributed by atoms with Crippen LogP contribution in [0, 0.1) is 17.8 Å². The van der Waals surface area contributed by atoms with Crippen LogP contribution in [0.4, 0.5) is 0 Å². The van der Waals surface area contributed by atoms with Gasteiger partial charge in [-0.25, -0.2) is 0 Å². The van der Waals surface area contributed by atoms with E-state index in [-0.39, 0.29) is 18.0 Å². The quantitative estimate of drug-likeness (QED) is 0.507. The Balaban J connectivity index is 1.92. The summed E-state index contributed by atoms with van der Waals surface area (Å²) in [6, 6.07) is 0. The minimum absolute atomic E-state index is 0.0116. The Kier molecular flexibility index (Phi) is 2.50. The Hall–Kier alpha value is -0.240. The van der Waals surface area contributed by atoms with Crippen LogP contribution in [0.25, 0.3) is 0 Å². The average Bonchev–Trinajstić information content (AvgIpc) is 2.62. The van der Waals surface area contributed by atoms with Gasteiger partial charge in [-0.15, -0.1) is 11.6 Å². The molecule has 0 aromatic rings. The molecule has 2 fully saturated rings. The second-order valence-corrected chi connectivity index (χ2v) is 4.64. The van der Waals surface area contributed by atoms with Gasteiger partial charge in [0.1, 0.15) is 12.0 Å². The van der Waals surface area contributed by atoms with Gasteiger partial charge in [-0.05, 0) is 37.0 Å². The third kappa shape index (κ3) is 1.69. The molecule has 2 aliphatic carbocycles. The van der Waals surface area contributed by atoms with E-state index in [1.165, 1.54) is 12.8 Å². The molecular weight excluding hydrogens is 188 g/mol. The first-order chi connectivity index (χ1) is 6.20. The second-order valence-electron chi connectivity index (χ2n) is 4.38. The van der Waals surface area contributed by atoms with Crippen LogP contribution in [-0.2, 0) is 9.53 Å². The van der Waals surface area contributed by atoms with Crippen LogP contribution in [0.1, 0.15) is 26.2 Å². The number of hydrogen-bond acceptors (Lipinski definition) is 2. The number of esters is 1. The number of ether oxygens (including phenoxy) is 1. The van der Waals surface area contributed by atoms with Gasteiger partial charge in [-0.2, -0.15) is 0 Å². The summed E-state index contributed by atoms with van der Waals surface area (Å²) in [5.74, 6) is 1.87. The lowest BCUT2D eigenvalue weighted by atomic mass is 9.88. The fourth-order valence-corrected chi connectivity index (χ4v) is 3.03. The summed E-state index contributed by atoms with van der Waals surface area (Å²) in [6.45, 7) is 2.26. The highest BCUT2D eigenvalue weighted by Crippen LogP contribution is 2.49. The standard InChI is InChI=1S/C10H15ClO2/c1-6-2-7-3-8(6)9(4-7)13-10(12)5-11/h6-9H,2-5H2,1H3/t6-,7-,8-,9+/m0/s1. The first kappa shape index (κ1) is 9.32. The summed E-state index contributed by atoms with van der Waals surface area (Å²) in [4.78, 5) is 11.0. The van der Waals surface area contributed by atoms with E-state index in [2.05, 4.69) is 6.92 Å². The minimum atomic E-state index is -0.258. The monoisotopic (exact) mass is 202 g/mol. The number of carbonyl (C=O) groups excluding carboxylic acids is 1. The molecule has 0 unspecified atom stereocenters. The molecule has 0 aromatic heterocycles. The molecule has 2 bridgehead atoms. The average molecular weight is 203 g/mol. The van der Waals surface area contributed by atoms with E-state index in [1.807, 2.05) is 0 Å². The number of halogens is 1. The largest absolute Gasteiger partial charge is 0.461 e. The lowest BCUT2D eigenvalue weighted by Crippen LogP contribution is -2.28. The van der Waals surface area contributed by atoms with Crippen molar-refractivity contribution in [2.45, 2.75) is 32.3 Å². The fraction of sp³-hybridized carbons (Fsp3) is 0.900. The molecule has 2 saturated carbocycles. The van der Waals surface area contributed by atoms with E-state index in [1.54, 1.807) is 0 Å². The predicted molar refractivity (Wildman–Crippen MR) is 50.6 cm³/mol. The number of hydrogen-bond donors (Lipinski definition) is 0. The molecule has 0 N–H and O–H groups in total. The topological polar surface area (TPSA) is 26.3 Å². The molecule has 2 aliphatic rings. The number of alkyl halides is 1. The third-order valence-corrected chi connectivity index (χ3v) is 3.69. The molecule has 13 heavy (non-hydrogen) atoms. The van der Waals surface area contributed by atoms with Gasteiger partial charge in [-0.3, -0.25) is 4.79 Å². The van der Waals surface area contributed by atoms with Crippen LogP contribution in [0.2, 0.25) is 0 Å². The van der Waals surface area contributed by atoms with Crippen molar-refractivity contribution in [2.24, 2.45) is 17.8 Å². The Morgan fingerprint density at radius 1 is 1.46 bits per heavy atom. The molecule has 2 nitrogen and oxygen atoms in total.